The summed E-state index contributed by atoms with van der Waals surface area (Å²) in [4.78, 5) is 21.7. The molecule has 2 fully saturated rings. The second kappa shape index (κ2) is 7.28. The molecule has 2 saturated heterocycles. The number of methoxy groups -OCH3 is 1. The van der Waals surface area contributed by atoms with Gasteiger partial charge in [-0.3, -0.25) is 9.69 Å². The Balaban J connectivity index is 1.72. The largest absolute Gasteiger partial charge is 0.383 e. The van der Waals surface area contributed by atoms with Gasteiger partial charge in [-0.15, -0.1) is 11.3 Å². The van der Waals surface area contributed by atoms with E-state index in [4.69, 9.17) is 4.74 Å². The van der Waals surface area contributed by atoms with Crippen LogP contribution in [0.15, 0.2) is 5.38 Å². The minimum absolute atomic E-state index is 0.0111. The van der Waals surface area contributed by atoms with Crippen molar-refractivity contribution < 1.29 is 9.53 Å². The summed E-state index contributed by atoms with van der Waals surface area (Å²) >= 11 is 1.71. The predicted molar refractivity (Wildman–Crippen MR) is 91.5 cm³/mol. The molecule has 1 amide bonds. The van der Waals surface area contributed by atoms with Crippen LogP contribution in [0.25, 0.3) is 0 Å². The third kappa shape index (κ3) is 3.75. The molecule has 0 N–H and O–H groups in total. The fourth-order valence-electron chi connectivity index (χ4n) is 4.12. The van der Waals surface area contributed by atoms with Crippen LogP contribution in [0.3, 0.4) is 0 Å². The zero-order chi connectivity index (χ0) is 16.3. The van der Waals surface area contributed by atoms with Crippen molar-refractivity contribution in [3.8, 4) is 0 Å². The van der Waals surface area contributed by atoms with E-state index in [0.29, 0.717) is 18.9 Å². The molecule has 6 heteroatoms. The van der Waals surface area contributed by atoms with E-state index in [1.807, 2.05) is 0 Å². The molecule has 1 aromatic rings. The molecular weight excluding hydrogens is 310 g/mol. The number of carbonyl (C=O) groups excluding carboxylic acids is 1. The normalized spacial score (nSPS) is 26.2. The number of nitrogens with zero attached hydrogens (tertiary/aromatic N) is 3. The highest BCUT2D eigenvalue weighted by atomic mass is 32.1. The van der Waals surface area contributed by atoms with Crippen LogP contribution in [0.1, 0.15) is 42.8 Å². The van der Waals surface area contributed by atoms with Crippen LogP contribution < -0.4 is 0 Å². The number of ether oxygens (including phenoxy) is 1. The van der Waals surface area contributed by atoms with Crippen molar-refractivity contribution in [2.45, 2.75) is 51.1 Å². The molecule has 2 aliphatic rings. The topological polar surface area (TPSA) is 45.7 Å². The summed E-state index contributed by atoms with van der Waals surface area (Å²) in [6, 6.07) is 0. The van der Waals surface area contributed by atoms with E-state index in [1.165, 1.54) is 0 Å². The van der Waals surface area contributed by atoms with Crippen molar-refractivity contribution in [1.29, 1.82) is 0 Å². The van der Waals surface area contributed by atoms with Crippen LogP contribution in [0.5, 0.6) is 0 Å². The summed E-state index contributed by atoms with van der Waals surface area (Å²) in [5.41, 5.74) is 1.17. The molecule has 128 valence electrons. The fourth-order valence-corrected chi connectivity index (χ4v) is 4.73. The van der Waals surface area contributed by atoms with E-state index < -0.39 is 0 Å². The van der Waals surface area contributed by atoms with Gasteiger partial charge in [0, 0.05) is 38.5 Å². The Morgan fingerprint density at radius 3 is 2.96 bits per heavy atom. The maximum Gasteiger partial charge on any atom is 0.223 e. The Hall–Kier alpha value is -0.980. The lowest BCUT2D eigenvalue weighted by Gasteiger charge is -2.52. The number of rotatable bonds is 5. The number of thiazole rings is 1. The third-order valence-corrected chi connectivity index (χ3v) is 5.93. The molecule has 2 aliphatic heterocycles. The van der Waals surface area contributed by atoms with Gasteiger partial charge in [-0.2, -0.15) is 0 Å². The van der Waals surface area contributed by atoms with Gasteiger partial charge in [0.05, 0.1) is 22.8 Å². The van der Waals surface area contributed by atoms with Gasteiger partial charge in [-0.25, -0.2) is 4.98 Å². The number of amides is 1. The van der Waals surface area contributed by atoms with Crippen molar-refractivity contribution in [3.05, 3.63) is 16.1 Å². The smallest absolute Gasteiger partial charge is 0.223 e. The highest BCUT2D eigenvalue weighted by Crippen LogP contribution is 2.37. The van der Waals surface area contributed by atoms with E-state index in [-0.39, 0.29) is 5.54 Å². The second-order valence-corrected chi connectivity index (χ2v) is 7.85. The lowest BCUT2D eigenvalue weighted by Crippen LogP contribution is -2.62. The first-order valence-corrected chi connectivity index (χ1v) is 9.44. The number of likely N-dealkylation sites (tertiary alicyclic amines) is 2. The van der Waals surface area contributed by atoms with Crippen molar-refractivity contribution in [1.82, 2.24) is 14.8 Å². The third-order valence-electron chi connectivity index (χ3n) is 5.11. The van der Waals surface area contributed by atoms with Gasteiger partial charge in [-0.05, 0) is 39.2 Å². The molecule has 3 heterocycles. The van der Waals surface area contributed by atoms with Crippen molar-refractivity contribution in [2.75, 3.05) is 33.4 Å². The van der Waals surface area contributed by atoms with Crippen molar-refractivity contribution in [3.63, 3.8) is 0 Å². The molecule has 0 saturated carbocycles. The zero-order valence-corrected chi connectivity index (χ0v) is 15.0. The van der Waals surface area contributed by atoms with E-state index in [1.54, 1.807) is 18.4 Å². The van der Waals surface area contributed by atoms with Crippen LogP contribution >= 0.6 is 11.3 Å². The van der Waals surface area contributed by atoms with Crippen LogP contribution in [-0.2, 0) is 16.1 Å². The summed E-state index contributed by atoms with van der Waals surface area (Å²) in [6.07, 6.45) is 5.10. The average Bonchev–Trinajstić information content (AvgIpc) is 2.92. The van der Waals surface area contributed by atoms with Gasteiger partial charge >= 0.3 is 0 Å². The van der Waals surface area contributed by atoms with E-state index in [0.717, 1.165) is 62.6 Å². The Labute approximate surface area is 142 Å². The number of carbonyl (C=O) groups is 1. The Morgan fingerprint density at radius 1 is 1.39 bits per heavy atom. The molecule has 1 atom stereocenters. The predicted octanol–water partition coefficient (Wildman–Crippen LogP) is 2.45. The average molecular weight is 337 g/mol. The van der Waals surface area contributed by atoms with Crippen LogP contribution in [0, 0.1) is 6.92 Å². The SMILES string of the molecule is COCCN1C(=O)CCCC12CCCN(Cc1csc(C)n1)C2. The lowest BCUT2D eigenvalue weighted by molar-refractivity contribution is -0.147. The standard InChI is InChI=1S/C17H27N3O2S/c1-14-18-15(12-23-14)11-19-8-4-7-17(13-19)6-3-5-16(21)20(17)9-10-22-2/h12H,3-11,13H2,1-2H3. The molecule has 23 heavy (non-hydrogen) atoms. The van der Waals surface area contributed by atoms with Gasteiger partial charge in [-0.1, -0.05) is 0 Å². The Kier molecular flexibility index (Phi) is 5.34. The maximum atomic E-state index is 12.5. The van der Waals surface area contributed by atoms with Crippen LogP contribution in [0.2, 0.25) is 0 Å². The Bertz CT molecular complexity index is 544. The van der Waals surface area contributed by atoms with Gasteiger partial charge in [0.1, 0.15) is 0 Å². The number of aryl methyl sites for hydroxylation is 1. The first-order chi connectivity index (χ1) is 11.1. The molecule has 0 bridgehead atoms. The molecule has 3 rings (SSSR count). The minimum atomic E-state index is 0.0111. The maximum absolute atomic E-state index is 12.5. The van der Waals surface area contributed by atoms with E-state index >= 15 is 0 Å². The van der Waals surface area contributed by atoms with Gasteiger partial charge in [0.15, 0.2) is 0 Å². The monoisotopic (exact) mass is 337 g/mol. The number of aromatic nitrogens is 1. The summed E-state index contributed by atoms with van der Waals surface area (Å²) in [5.74, 6) is 0.305. The number of hydrogen-bond donors (Lipinski definition) is 0. The molecule has 1 spiro atoms. The van der Waals surface area contributed by atoms with Crippen LogP contribution in [-0.4, -0.2) is 59.6 Å². The van der Waals surface area contributed by atoms with Gasteiger partial charge < -0.3 is 9.64 Å². The van der Waals surface area contributed by atoms with E-state index in [2.05, 4.69) is 27.1 Å². The molecule has 0 aliphatic carbocycles. The molecule has 1 aromatic heterocycles. The van der Waals surface area contributed by atoms with E-state index in [9.17, 15) is 4.79 Å². The van der Waals surface area contributed by atoms with Crippen molar-refractivity contribution >= 4 is 17.2 Å². The first-order valence-electron chi connectivity index (χ1n) is 8.56. The number of piperidine rings is 2. The van der Waals surface area contributed by atoms with Gasteiger partial charge in [0.25, 0.3) is 0 Å². The molecular formula is C17H27N3O2S. The summed E-state index contributed by atoms with van der Waals surface area (Å²) in [5, 5.41) is 3.28. The molecule has 5 nitrogen and oxygen atoms in total. The van der Waals surface area contributed by atoms with Crippen molar-refractivity contribution in [2.24, 2.45) is 0 Å². The fraction of sp³-hybridized carbons (Fsp3) is 0.765. The summed E-state index contributed by atoms with van der Waals surface area (Å²) < 4.78 is 5.24. The Morgan fingerprint density at radius 2 is 2.22 bits per heavy atom. The lowest BCUT2D eigenvalue weighted by atomic mass is 9.79. The zero-order valence-electron chi connectivity index (χ0n) is 14.2. The number of hydrogen-bond acceptors (Lipinski definition) is 5. The first kappa shape index (κ1) is 16.9. The molecule has 1 unspecified atom stereocenters. The highest BCUT2D eigenvalue weighted by molar-refractivity contribution is 7.09. The van der Waals surface area contributed by atoms with Crippen LogP contribution in [0.4, 0.5) is 0 Å². The summed E-state index contributed by atoms with van der Waals surface area (Å²) in [6.45, 7) is 6.37. The minimum Gasteiger partial charge on any atom is -0.383 e. The molecule has 0 aromatic carbocycles. The van der Waals surface area contributed by atoms with Gasteiger partial charge in [0.2, 0.25) is 5.91 Å². The quantitative estimate of drug-likeness (QED) is 0.828. The second-order valence-electron chi connectivity index (χ2n) is 6.79. The summed E-state index contributed by atoms with van der Waals surface area (Å²) in [7, 11) is 1.71. The highest BCUT2D eigenvalue weighted by Gasteiger charge is 2.44. The molecule has 0 radical (unpaired) electrons.